The van der Waals surface area contributed by atoms with Crippen LogP contribution in [0.25, 0.3) is 0 Å². The summed E-state index contributed by atoms with van der Waals surface area (Å²) >= 11 is 1.61. The van der Waals surface area contributed by atoms with Gasteiger partial charge in [0.25, 0.3) is 5.91 Å². The third-order valence-electron chi connectivity index (χ3n) is 3.66. The fourth-order valence-electron chi connectivity index (χ4n) is 2.23. The van der Waals surface area contributed by atoms with Crippen molar-refractivity contribution < 1.29 is 31.1 Å². The molecule has 12 heteroatoms. The molecule has 2 atom stereocenters. The second kappa shape index (κ2) is 6.67. The topological polar surface area (TPSA) is 77.6 Å². The van der Waals surface area contributed by atoms with Gasteiger partial charge in [0.2, 0.25) is 0 Å². The minimum atomic E-state index is -4.84. The van der Waals surface area contributed by atoms with Crippen LogP contribution in [0.4, 0.5) is 32.0 Å². The Hall–Kier alpha value is -1.91. The van der Waals surface area contributed by atoms with Crippen molar-refractivity contribution in [3.8, 4) is 6.07 Å². The first-order valence-electron chi connectivity index (χ1n) is 6.89. The molecule has 26 heavy (non-hydrogen) atoms. The van der Waals surface area contributed by atoms with Crippen LogP contribution in [0.1, 0.15) is 24.5 Å². The second-order valence-corrected chi connectivity index (χ2v) is 6.85. The van der Waals surface area contributed by atoms with Crippen molar-refractivity contribution >= 4 is 34.2 Å². The number of benzene rings is 1. The summed E-state index contributed by atoms with van der Waals surface area (Å²) in [6, 6.07) is 0.754. The quantitative estimate of drug-likeness (QED) is 0.484. The van der Waals surface area contributed by atoms with Gasteiger partial charge in [0.15, 0.2) is 11.6 Å². The summed E-state index contributed by atoms with van der Waals surface area (Å²) in [6.45, 7) is 1.11. The van der Waals surface area contributed by atoms with Crippen LogP contribution in [0, 0.1) is 14.9 Å². The van der Waals surface area contributed by atoms with Gasteiger partial charge >= 0.3 is 12.4 Å². The van der Waals surface area contributed by atoms with Gasteiger partial charge in [-0.05, 0) is 41.6 Å². The zero-order valence-corrected chi connectivity index (χ0v) is 15.0. The SMILES string of the molecule is CC1(C(=O)Nc2cc(C(F)(F)F)c(C#N)cc2I)CC(C(F)(F)F)N=N1. The number of nitriles is 1. The molecular weight excluding hydrogens is 481 g/mol. The molecule has 0 radical (unpaired) electrons. The second-order valence-electron chi connectivity index (χ2n) is 5.69. The van der Waals surface area contributed by atoms with Crippen molar-refractivity contribution in [1.29, 1.82) is 5.26 Å². The normalized spacial score (nSPS) is 23.0. The molecule has 0 fully saturated rings. The van der Waals surface area contributed by atoms with Gasteiger partial charge in [-0.3, -0.25) is 4.79 Å². The molecule has 0 saturated carbocycles. The fourth-order valence-corrected chi connectivity index (χ4v) is 2.83. The highest BCUT2D eigenvalue weighted by Gasteiger charge is 2.51. The Bertz CT molecular complexity index is 813. The first-order chi connectivity index (χ1) is 11.8. The molecule has 1 amide bonds. The number of carbonyl (C=O) groups excluding carboxylic acids is 1. The van der Waals surface area contributed by atoms with Crippen LogP contribution in [0.5, 0.6) is 0 Å². The minimum absolute atomic E-state index is 0.117. The van der Waals surface area contributed by atoms with Gasteiger partial charge in [-0.1, -0.05) is 0 Å². The number of rotatable bonds is 2. The zero-order valence-electron chi connectivity index (χ0n) is 12.8. The van der Waals surface area contributed by atoms with Gasteiger partial charge in [-0.2, -0.15) is 41.8 Å². The highest BCUT2D eigenvalue weighted by atomic mass is 127. The average molecular weight is 490 g/mol. The number of hydrogen-bond donors (Lipinski definition) is 1. The molecule has 0 aliphatic carbocycles. The smallest absolute Gasteiger partial charge is 0.323 e. The van der Waals surface area contributed by atoms with Crippen molar-refractivity contribution in [2.24, 2.45) is 10.2 Å². The Morgan fingerprint density at radius 3 is 2.42 bits per heavy atom. The monoisotopic (exact) mass is 490 g/mol. The molecule has 2 rings (SSSR count). The Kier molecular flexibility index (Phi) is 5.24. The van der Waals surface area contributed by atoms with E-state index in [0.717, 1.165) is 13.0 Å². The van der Waals surface area contributed by atoms with E-state index in [1.165, 1.54) is 6.07 Å². The summed E-state index contributed by atoms with van der Waals surface area (Å²) in [5.74, 6) is -1.02. The summed E-state index contributed by atoms with van der Waals surface area (Å²) in [7, 11) is 0. The maximum Gasteiger partial charge on any atom is 0.417 e. The van der Waals surface area contributed by atoms with E-state index >= 15 is 0 Å². The van der Waals surface area contributed by atoms with Crippen molar-refractivity contribution in [3.05, 3.63) is 26.8 Å². The van der Waals surface area contributed by atoms with E-state index in [4.69, 9.17) is 5.26 Å². The summed E-state index contributed by atoms with van der Waals surface area (Å²) in [6.07, 6.45) is -10.3. The van der Waals surface area contributed by atoms with Crippen LogP contribution < -0.4 is 5.32 Å². The van der Waals surface area contributed by atoms with E-state index < -0.39 is 47.4 Å². The first-order valence-corrected chi connectivity index (χ1v) is 7.97. The van der Waals surface area contributed by atoms with Gasteiger partial charge in [-0.25, -0.2) is 0 Å². The van der Waals surface area contributed by atoms with E-state index in [1.807, 2.05) is 0 Å². The van der Waals surface area contributed by atoms with E-state index in [9.17, 15) is 31.1 Å². The standard InChI is InChI=1S/C14H9F6IN4O/c1-12(4-10(24-25-12)14(18,19)20)11(26)23-9-3-7(13(15,16)17)6(5-22)2-8(9)21/h2-3,10H,4H2,1H3,(H,23,26). The Balaban J connectivity index is 2.31. The molecule has 5 nitrogen and oxygen atoms in total. The van der Waals surface area contributed by atoms with Crippen molar-refractivity contribution in [3.63, 3.8) is 0 Å². The number of nitrogens with zero attached hydrogens (tertiary/aromatic N) is 3. The lowest BCUT2D eigenvalue weighted by atomic mass is 9.94. The first kappa shape index (κ1) is 20.4. The summed E-state index contributed by atoms with van der Waals surface area (Å²) in [5.41, 5.74) is -4.05. The number of nitrogens with one attached hydrogen (secondary N) is 1. The minimum Gasteiger partial charge on any atom is -0.323 e. The van der Waals surface area contributed by atoms with Crippen LogP contribution in [0.2, 0.25) is 0 Å². The lowest BCUT2D eigenvalue weighted by molar-refractivity contribution is -0.148. The summed E-state index contributed by atoms with van der Waals surface area (Å²) in [5, 5.41) is 17.4. The van der Waals surface area contributed by atoms with Crippen LogP contribution in [-0.4, -0.2) is 23.7 Å². The van der Waals surface area contributed by atoms with E-state index in [1.54, 1.807) is 22.6 Å². The van der Waals surface area contributed by atoms with Gasteiger partial charge in [0.1, 0.15) is 0 Å². The van der Waals surface area contributed by atoms with Crippen LogP contribution in [0.15, 0.2) is 22.4 Å². The Morgan fingerprint density at radius 2 is 1.96 bits per heavy atom. The number of anilines is 1. The van der Waals surface area contributed by atoms with Crippen LogP contribution in [-0.2, 0) is 11.0 Å². The largest absolute Gasteiger partial charge is 0.417 e. The molecule has 0 saturated heterocycles. The van der Waals surface area contributed by atoms with Crippen molar-refractivity contribution in [2.75, 3.05) is 5.32 Å². The molecule has 1 aliphatic heterocycles. The van der Waals surface area contributed by atoms with Crippen LogP contribution in [0.3, 0.4) is 0 Å². The third kappa shape index (κ3) is 4.08. The fraction of sp³-hybridized carbons (Fsp3) is 0.429. The highest BCUT2D eigenvalue weighted by molar-refractivity contribution is 14.1. The van der Waals surface area contributed by atoms with Gasteiger partial charge in [-0.15, -0.1) is 0 Å². The third-order valence-corrected chi connectivity index (χ3v) is 4.55. The van der Waals surface area contributed by atoms with Crippen molar-refractivity contribution in [1.82, 2.24) is 0 Å². The predicted octanol–water partition coefficient (Wildman–Crippen LogP) is 4.67. The number of carbonyl (C=O) groups is 1. The lowest BCUT2D eigenvalue weighted by Gasteiger charge is -2.21. The molecule has 0 aromatic heterocycles. The number of hydrogen-bond acceptors (Lipinski definition) is 4. The molecule has 1 aliphatic rings. The highest BCUT2D eigenvalue weighted by Crippen LogP contribution is 2.39. The number of halogens is 7. The van der Waals surface area contributed by atoms with Gasteiger partial charge < -0.3 is 5.32 Å². The average Bonchev–Trinajstić information content (AvgIpc) is 2.91. The molecule has 140 valence electrons. The summed E-state index contributed by atoms with van der Waals surface area (Å²) < 4.78 is 77.2. The number of amides is 1. The molecule has 1 N–H and O–H groups in total. The lowest BCUT2D eigenvalue weighted by Crippen LogP contribution is -2.40. The Morgan fingerprint density at radius 1 is 1.35 bits per heavy atom. The molecule has 2 unspecified atom stereocenters. The number of azo groups is 1. The molecule has 1 aromatic carbocycles. The predicted molar refractivity (Wildman–Crippen MR) is 85.2 cm³/mol. The van der Waals surface area contributed by atoms with Crippen molar-refractivity contribution in [2.45, 2.75) is 37.3 Å². The van der Waals surface area contributed by atoms with E-state index in [0.29, 0.717) is 6.07 Å². The zero-order chi connectivity index (χ0) is 19.9. The molecular formula is C14H9F6IN4O. The number of alkyl halides is 6. The molecule has 1 aromatic rings. The Labute approximate surface area is 156 Å². The van der Waals surface area contributed by atoms with E-state index in [2.05, 4.69) is 15.5 Å². The summed E-state index contributed by atoms with van der Waals surface area (Å²) in [4.78, 5) is 12.3. The molecule has 0 bridgehead atoms. The van der Waals surface area contributed by atoms with Gasteiger partial charge in [0.05, 0.1) is 22.9 Å². The van der Waals surface area contributed by atoms with Crippen LogP contribution >= 0.6 is 22.6 Å². The van der Waals surface area contributed by atoms with E-state index in [-0.39, 0.29) is 9.26 Å². The molecule has 0 spiro atoms. The maximum absolute atomic E-state index is 13.0. The molecule has 1 heterocycles. The van der Waals surface area contributed by atoms with Gasteiger partial charge in [0, 0.05) is 9.99 Å². The maximum atomic E-state index is 13.0.